The van der Waals surface area contributed by atoms with E-state index in [0.717, 1.165) is 19.3 Å². The maximum Gasteiger partial charge on any atom is 0.0951 e. The molecule has 3 heteroatoms. The first-order chi connectivity index (χ1) is 7.68. The first-order valence-electron chi connectivity index (χ1n) is 6.10. The fourth-order valence-corrected chi connectivity index (χ4v) is 2.37. The molecule has 1 heterocycles. The Hall–Kier alpha value is -1.09. The van der Waals surface area contributed by atoms with E-state index in [1.807, 2.05) is 12.5 Å². The predicted molar refractivity (Wildman–Crippen MR) is 66.0 cm³/mol. The van der Waals surface area contributed by atoms with Gasteiger partial charge in [-0.2, -0.15) is 0 Å². The smallest absolute Gasteiger partial charge is 0.0951 e. The molecular formula is C13H21N3. The third-order valence-electron chi connectivity index (χ3n) is 3.18. The molecule has 0 aliphatic heterocycles. The summed E-state index contributed by atoms with van der Waals surface area (Å²) in [6.45, 7) is 4.41. The monoisotopic (exact) mass is 219 g/mol. The Morgan fingerprint density at radius 3 is 2.75 bits per heavy atom. The number of hydrogen-bond acceptors (Lipinski definition) is 2. The van der Waals surface area contributed by atoms with Crippen LogP contribution < -0.4 is 5.73 Å². The van der Waals surface area contributed by atoms with Gasteiger partial charge < -0.3 is 10.3 Å². The van der Waals surface area contributed by atoms with Crippen LogP contribution in [0.1, 0.15) is 50.9 Å². The number of nitrogens with zero attached hydrogens (tertiary/aromatic N) is 2. The summed E-state index contributed by atoms with van der Waals surface area (Å²) in [5.74, 6) is 0.625. The molecule has 0 saturated carbocycles. The first-order valence-corrected chi connectivity index (χ1v) is 6.10. The maximum absolute atomic E-state index is 6.23. The second kappa shape index (κ2) is 4.83. The predicted octanol–water partition coefficient (Wildman–Crippen LogP) is 2.82. The molecule has 1 unspecified atom stereocenters. The van der Waals surface area contributed by atoms with Crippen LogP contribution in [0.5, 0.6) is 0 Å². The van der Waals surface area contributed by atoms with Crippen molar-refractivity contribution in [1.82, 2.24) is 9.55 Å². The number of rotatable bonds is 4. The molecular weight excluding hydrogens is 198 g/mol. The van der Waals surface area contributed by atoms with Crippen molar-refractivity contribution in [2.45, 2.75) is 45.2 Å². The average Bonchev–Trinajstić information content (AvgIpc) is 2.87. The van der Waals surface area contributed by atoms with Crippen molar-refractivity contribution in [1.29, 1.82) is 0 Å². The highest BCUT2D eigenvalue weighted by Gasteiger charge is 2.19. The molecule has 1 aromatic rings. The Kier molecular flexibility index (Phi) is 3.44. The van der Waals surface area contributed by atoms with Crippen LogP contribution in [0.3, 0.4) is 0 Å². The lowest BCUT2D eigenvalue weighted by molar-refractivity contribution is 0.451. The van der Waals surface area contributed by atoms with E-state index in [4.69, 9.17) is 5.73 Å². The number of aromatic nitrogens is 2. The van der Waals surface area contributed by atoms with Gasteiger partial charge in [-0.25, -0.2) is 4.98 Å². The molecule has 0 saturated heterocycles. The topological polar surface area (TPSA) is 43.8 Å². The van der Waals surface area contributed by atoms with Gasteiger partial charge in [0.05, 0.1) is 12.0 Å². The van der Waals surface area contributed by atoms with Crippen molar-refractivity contribution >= 4 is 0 Å². The van der Waals surface area contributed by atoms with Crippen LogP contribution in [-0.2, 0) is 0 Å². The van der Waals surface area contributed by atoms with Crippen LogP contribution in [0.2, 0.25) is 0 Å². The van der Waals surface area contributed by atoms with Gasteiger partial charge in [-0.05, 0) is 25.2 Å². The van der Waals surface area contributed by atoms with Crippen molar-refractivity contribution in [2.75, 3.05) is 0 Å². The van der Waals surface area contributed by atoms with E-state index in [-0.39, 0.29) is 6.04 Å². The fourth-order valence-electron chi connectivity index (χ4n) is 2.37. The van der Waals surface area contributed by atoms with Crippen LogP contribution in [0.15, 0.2) is 24.7 Å². The molecule has 1 atom stereocenters. The van der Waals surface area contributed by atoms with Crippen LogP contribution in [-0.4, -0.2) is 9.55 Å². The highest BCUT2D eigenvalue weighted by atomic mass is 15.1. The van der Waals surface area contributed by atoms with Crippen LogP contribution in [0.25, 0.3) is 0 Å². The Labute approximate surface area is 97.4 Å². The first kappa shape index (κ1) is 11.4. The third-order valence-corrected chi connectivity index (χ3v) is 3.18. The highest BCUT2D eigenvalue weighted by molar-refractivity contribution is 5.09. The standard InChI is InChI=1S/C13H21N3/c1-10(2)7-12(14)13-8-15-9-16(13)11-5-3-4-6-11/h3-4,8-12H,5-7,14H2,1-2H3. The summed E-state index contributed by atoms with van der Waals surface area (Å²) in [5, 5.41) is 0. The lowest BCUT2D eigenvalue weighted by Crippen LogP contribution is -2.19. The third kappa shape index (κ3) is 2.35. The van der Waals surface area contributed by atoms with Crippen molar-refractivity contribution in [2.24, 2.45) is 11.7 Å². The van der Waals surface area contributed by atoms with Gasteiger partial charge in [-0.1, -0.05) is 26.0 Å². The number of imidazole rings is 1. The molecule has 3 nitrogen and oxygen atoms in total. The van der Waals surface area contributed by atoms with Crippen molar-refractivity contribution < 1.29 is 0 Å². The second-order valence-corrected chi connectivity index (χ2v) is 5.06. The SMILES string of the molecule is CC(C)CC(N)c1cncn1C1CC=CC1. The zero-order chi connectivity index (χ0) is 11.5. The molecule has 0 aromatic carbocycles. The lowest BCUT2D eigenvalue weighted by atomic mass is 10.0. The summed E-state index contributed by atoms with van der Waals surface area (Å²) in [6, 6.07) is 0.652. The highest BCUT2D eigenvalue weighted by Crippen LogP contribution is 2.28. The van der Waals surface area contributed by atoms with Gasteiger partial charge in [0.15, 0.2) is 0 Å². The molecule has 0 radical (unpaired) electrons. The molecule has 0 bridgehead atoms. The quantitative estimate of drug-likeness (QED) is 0.791. The van der Waals surface area contributed by atoms with E-state index in [2.05, 4.69) is 35.6 Å². The van der Waals surface area contributed by atoms with Crippen molar-refractivity contribution in [3.8, 4) is 0 Å². The Balaban J connectivity index is 2.12. The molecule has 2 rings (SSSR count). The van der Waals surface area contributed by atoms with Crippen LogP contribution >= 0.6 is 0 Å². The average molecular weight is 219 g/mol. The molecule has 2 N–H and O–H groups in total. The Morgan fingerprint density at radius 1 is 1.44 bits per heavy atom. The molecule has 0 spiro atoms. The zero-order valence-electron chi connectivity index (χ0n) is 10.1. The maximum atomic E-state index is 6.23. The van der Waals surface area contributed by atoms with Crippen LogP contribution in [0, 0.1) is 5.92 Å². The lowest BCUT2D eigenvalue weighted by Gasteiger charge is -2.20. The Morgan fingerprint density at radius 2 is 2.12 bits per heavy atom. The Bertz CT molecular complexity index is 357. The molecule has 0 amide bonds. The van der Waals surface area contributed by atoms with Gasteiger partial charge >= 0.3 is 0 Å². The van der Waals surface area contributed by atoms with Gasteiger partial charge in [-0.15, -0.1) is 0 Å². The second-order valence-electron chi connectivity index (χ2n) is 5.06. The van der Waals surface area contributed by atoms with E-state index < -0.39 is 0 Å². The van der Waals surface area contributed by atoms with E-state index >= 15 is 0 Å². The molecule has 1 aromatic heterocycles. The summed E-state index contributed by atoms with van der Waals surface area (Å²) >= 11 is 0. The zero-order valence-corrected chi connectivity index (χ0v) is 10.1. The van der Waals surface area contributed by atoms with Crippen molar-refractivity contribution in [3.05, 3.63) is 30.4 Å². The van der Waals surface area contributed by atoms with E-state index in [9.17, 15) is 0 Å². The summed E-state index contributed by atoms with van der Waals surface area (Å²) in [7, 11) is 0. The minimum atomic E-state index is 0.114. The minimum absolute atomic E-state index is 0.114. The van der Waals surface area contributed by atoms with Gasteiger partial charge in [0.25, 0.3) is 0 Å². The van der Waals surface area contributed by atoms with E-state index in [1.54, 1.807) is 0 Å². The van der Waals surface area contributed by atoms with Gasteiger partial charge in [0.1, 0.15) is 0 Å². The van der Waals surface area contributed by atoms with Crippen LogP contribution in [0.4, 0.5) is 0 Å². The summed E-state index contributed by atoms with van der Waals surface area (Å²) in [5.41, 5.74) is 7.41. The van der Waals surface area contributed by atoms with Crippen molar-refractivity contribution in [3.63, 3.8) is 0 Å². The summed E-state index contributed by atoms with van der Waals surface area (Å²) in [6.07, 6.45) is 11.6. The van der Waals surface area contributed by atoms with E-state index in [0.29, 0.717) is 12.0 Å². The number of hydrogen-bond donors (Lipinski definition) is 1. The molecule has 88 valence electrons. The number of nitrogens with two attached hydrogens (primary N) is 1. The number of allylic oxidation sites excluding steroid dienone is 2. The normalized spacial score (nSPS) is 18.5. The summed E-state index contributed by atoms with van der Waals surface area (Å²) < 4.78 is 2.26. The minimum Gasteiger partial charge on any atom is -0.329 e. The molecule has 0 fully saturated rings. The fraction of sp³-hybridized carbons (Fsp3) is 0.615. The van der Waals surface area contributed by atoms with Gasteiger partial charge in [0.2, 0.25) is 0 Å². The molecule has 1 aliphatic carbocycles. The molecule has 1 aliphatic rings. The largest absolute Gasteiger partial charge is 0.329 e. The van der Waals surface area contributed by atoms with Gasteiger partial charge in [0, 0.05) is 18.3 Å². The molecule has 16 heavy (non-hydrogen) atoms. The van der Waals surface area contributed by atoms with Gasteiger partial charge in [-0.3, -0.25) is 0 Å². The summed E-state index contributed by atoms with van der Waals surface area (Å²) in [4.78, 5) is 4.25. The van der Waals surface area contributed by atoms with E-state index in [1.165, 1.54) is 5.69 Å².